The Morgan fingerprint density at radius 3 is 2.25 bits per heavy atom. The molecule has 36 heavy (non-hydrogen) atoms. The summed E-state index contributed by atoms with van der Waals surface area (Å²) in [6.45, 7) is 3.14. The number of ether oxygens (including phenoxy) is 2. The molecule has 4 rings (SSSR count). The minimum Gasteiger partial charge on any atom is -0.462 e. The van der Waals surface area contributed by atoms with Gasteiger partial charge in [0.2, 0.25) is 5.91 Å². The number of likely N-dealkylation sites (tertiary alicyclic amines) is 1. The maximum Gasteiger partial charge on any atom is 0.573 e. The number of piperidine rings is 1. The van der Waals surface area contributed by atoms with Crippen molar-refractivity contribution in [1.29, 1.82) is 0 Å². The molecule has 0 spiro atoms. The first-order valence-corrected chi connectivity index (χ1v) is 11.6. The molecule has 2 heterocycles. The summed E-state index contributed by atoms with van der Waals surface area (Å²) in [5, 5.41) is 3.30. The van der Waals surface area contributed by atoms with Crippen LogP contribution in [0.5, 0.6) is 5.75 Å². The van der Waals surface area contributed by atoms with E-state index in [0.29, 0.717) is 42.9 Å². The summed E-state index contributed by atoms with van der Waals surface area (Å²) in [5.41, 5.74) is 1.43. The fraction of sp³-hybridized carbons (Fsp3) is 0.400. The molecule has 1 N–H and O–H groups in total. The molecule has 2 saturated heterocycles. The Bertz CT molecular complexity index is 1100. The van der Waals surface area contributed by atoms with Crippen LogP contribution in [0.4, 0.5) is 24.5 Å². The van der Waals surface area contributed by atoms with E-state index in [4.69, 9.17) is 4.74 Å². The Labute approximate surface area is 205 Å². The fourth-order valence-corrected chi connectivity index (χ4v) is 4.48. The van der Waals surface area contributed by atoms with Crippen LogP contribution in [-0.4, -0.2) is 60.8 Å². The summed E-state index contributed by atoms with van der Waals surface area (Å²) in [7, 11) is 0. The highest BCUT2D eigenvalue weighted by Gasteiger charge is 2.43. The molecule has 0 aliphatic carbocycles. The highest BCUT2D eigenvalue weighted by Crippen LogP contribution is 2.29. The van der Waals surface area contributed by atoms with Crippen LogP contribution >= 0.6 is 0 Å². The highest BCUT2D eigenvalue weighted by atomic mass is 19.4. The van der Waals surface area contributed by atoms with Crippen molar-refractivity contribution in [3.63, 3.8) is 0 Å². The van der Waals surface area contributed by atoms with Crippen molar-refractivity contribution in [2.75, 3.05) is 29.9 Å². The summed E-state index contributed by atoms with van der Waals surface area (Å²) in [6.07, 6.45) is -3.25. The van der Waals surface area contributed by atoms with E-state index >= 15 is 0 Å². The predicted molar refractivity (Wildman–Crippen MR) is 125 cm³/mol. The Hall–Kier alpha value is -3.60. The molecule has 2 aliphatic heterocycles. The molecule has 2 aromatic carbocycles. The molecule has 0 radical (unpaired) electrons. The number of halogens is 3. The van der Waals surface area contributed by atoms with Crippen LogP contribution in [0.3, 0.4) is 0 Å². The smallest absolute Gasteiger partial charge is 0.462 e. The number of benzene rings is 2. The first-order chi connectivity index (χ1) is 17.1. The van der Waals surface area contributed by atoms with Crippen LogP contribution in [0.1, 0.15) is 36.5 Å². The van der Waals surface area contributed by atoms with E-state index in [1.807, 2.05) is 4.90 Å². The summed E-state index contributed by atoms with van der Waals surface area (Å²) in [5.74, 6) is -1.35. The van der Waals surface area contributed by atoms with Gasteiger partial charge in [0.1, 0.15) is 5.75 Å². The van der Waals surface area contributed by atoms with Crippen molar-refractivity contribution in [3.8, 4) is 5.75 Å². The third-order valence-electron chi connectivity index (χ3n) is 6.19. The van der Waals surface area contributed by atoms with Gasteiger partial charge in [-0.1, -0.05) is 0 Å². The van der Waals surface area contributed by atoms with Gasteiger partial charge < -0.3 is 14.8 Å². The average molecular weight is 505 g/mol. The first kappa shape index (κ1) is 25.5. The lowest BCUT2D eigenvalue weighted by molar-refractivity contribution is -0.274. The summed E-state index contributed by atoms with van der Waals surface area (Å²) in [4.78, 5) is 40.8. The van der Waals surface area contributed by atoms with Gasteiger partial charge in [0.15, 0.2) is 0 Å². The molecule has 1 atom stereocenters. The second-order valence-electron chi connectivity index (χ2n) is 8.58. The minimum atomic E-state index is -4.73. The summed E-state index contributed by atoms with van der Waals surface area (Å²) < 4.78 is 45.8. The Morgan fingerprint density at radius 1 is 1.03 bits per heavy atom. The molecular weight excluding hydrogens is 479 g/mol. The quantitative estimate of drug-likeness (QED) is 0.450. The molecule has 11 heteroatoms. The van der Waals surface area contributed by atoms with Crippen molar-refractivity contribution in [2.45, 2.75) is 44.6 Å². The number of rotatable bonds is 7. The second-order valence-corrected chi connectivity index (χ2v) is 8.58. The Kier molecular flexibility index (Phi) is 7.48. The largest absolute Gasteiger partial charge is 0.573 e. The number of anilines is 2. The van der Waals surface area contributed by atoms with Crippen LogP contribution in [0, 0.1) is 0 Å². The van der Waals surface area contributed by atoms with Gasteiger partial charge in [0.25, 0.3) is 5.91 Å². The third kappa shape index (κ3) is 5.96. The van der Waals surface area contributed by atoms with Crippen molar-refractivity contribution < 1.29 is 37.0 Å². The Balaban J connectivity index is 1.31. The Morgan fingerprint density at radius 2 is 1.67 bits per heavy atom. The number of carbonyl (C=O) groups is 3. The highest BCUT2D eigenvalue weighted by molar-refractivity contribution is 6.22. The van der Waals surface area contributed by atoms with Crippen molar-refractivity contribution in [3.05, 3.63) is 54.1 Å². The molecule has 0 unspecified atom stereocenters. The third-order valence-corrected chi connectivity index (χ3v) is 6.19. The van der Waals surface area contributed by atoms with Gasteiger partial charge >= 0.3 is 12.3 Å². The number of esters is 1. The van der Waals surface area contributed by atoms with E-state index in [0.717, 1.165) is 4.90 Å². The van der Waals surface area contributed by atoms with Gasteiger partial charge in [0, 0.05) is 24.8 Å². The van der Waals surface area contributed by atoms with Crippen LogP contribution in [0.15, 0.2) is 48.5 Å². The van der Waals surface area contributed by atoms with E-state index in [1.54, 1.807) is 19.1 Å². The van der Waals surface area contributed by atoms with E-state index in [1.165, 1.54) is 36.4 Å². The molecule has 192 valence electrons. The lowest BCUT2D eigenvalue weighted by atomic mass is 10.0. The van der Waals surface area contributed by atoms with E-state index in [9.17, 15) is 27.6 Å². The van der Waals surface area contributed by atoms with Crippen molar-refractivity contribution in [1.82, 2.24) is 4.90 Å². The van der Waals surface area contributed by atoms with Crippen LogP contribution < -0.4 is 15.0 Å². The molecule has 2 aromatic rings. The zero-order valence-electron chi connectivity index (χ0n) is 19.6. The van der Waals surface area contributed by atoms with Gasteiger partial charge in [-0.15, -0.1) is 13.2 Å². The first-order valence-electron chi connectivity index (χ1n) is 11.6. The number of carbonyl (C=O) groups excluding carboxylic acids is 3. The summed E-state index contributed by atoms with van der Waals surface area (Å²) >= 11 is 0. The number of nitrogens with one attached hydrogen (secondary N) is 1. The molecule has 0 aromatic heterocycles. The van der Waals surface area contributed by atoms with Crippen LogP contribution in [0.25, 0.3) is 0 Å². The van der Waals surface area contributed by atoms with Gasteiger partial charge in [-0.25, -0.2) is 9.69 Å². The van der Waals surface area contributed by atoms with E-state index in [-0.39, 0.29) is 36.6 Å². The standard InChI is InChI=1S/C25H26F3N3O5/c1-2-35-24(34)16-3-7-19(8-4-16)31-22(32)15-21(23(31)33)30-13-11-18(12-14-30)29-17-5-9-20(10-6-17)36-25(26,27)28/h3-10,18,21,29H,2,11-15H2,1H3/t21-/m0/s1. The molecule has 8 nitrogen and oxygen atoms in total. The van der Waals surface area contributed by atoms with Gasteiger partial charge in [-0.3, -0.25) is 14.5 Å². The monoisotopic (exact) mass is 505 g/mol. The number of nitrogens with zero attached hydrogens (tertiary/aromatic N) is 2. The normalized spacial score (nSPS) is 19.4. The van der Waals surface area contributed by atoms with Gasteiger partial charge in [-0.05, 0) is 68.3 Å². The number of hydrogen-bond donors (Lipinski definition) is 1. The molecule has 0 bridgehead atoms. The molecule has 2 aliphatic rings. The van der Waals surface area contributed by atoms with Gasteiger partial charge in [-0.2, -0.15) is 0 Å². The fourth-order valence-electron chi connectivity index (χ4n) is 4.48. The lowest BCUT2D eigenvalue weighted by Gasteiger charge is -2.35. The van der Waals surface area contributed by atoms with Crippen molar-refractivity contribution in [2.24, 2.45) is 0 Å². The second kappa shape index (κ2) is 10.6. The minimum absolute atomic E-state index is 0.0781. The van der Waals surface area contributed by atoms with E-state index in [2.05, 4.69) is 10.1 Å². The predicted octanol–water partition coefficient (Wildman–Crippen LogP) is 3.97. The van der Waals surface area contributed by atoms with Gasteiger partial charge in [0.05, 0.1) is 30.3 Å². The topological polar surface area (TPSA) is 88.2 Å². The molecule has 0 saturated carbocycles. The maximum absolute atomic E-state index is 13.1. The van der Waals surface area contributed by atoms with Crippen molar-refractivity contribution >= 4 is 29.2 Å². The van der Waals surface area contributed by atoms with Crippen LogP contribution in [0.2, 0.25) is 0 Å². The lowest BCUT2D eigenvalue weighted by Crippen LogP contribution is -2.48. The molecular formula is C25H26F3N3O5. The zero-order chi connectivity index (χ0) is 25.9. The number of alkyl halides is 3. The number of amides is 2. The maximum atomic E-state index is 13.1. The average Bonchev–Trinajstić information content (AvgIpc) is 3.14. The molecule has 2 fully saturated rings. The molecule has 2 amide bonds. The summed E-state index contributed by atoms with van der Waals surface area (Å²) in [6, 6.07) is 11.3. The van der Waals surface area contributed by atoms with E-state index < -0.39 is 18.4 Å². The number of imide groups is 1. The number of hydrogen-bond acceptors (Lipinski definition) is 7. The zero-order valence-corrected chi connectivity index (χ0v) is 19.6. The SMILES string of the molecule is CCOC(=O)c1ccc(N2C(=O)C[C@H](N3CCC(Nc4ccc(OC(F)(F)F)cc4)CC3)C2=O)cc1. The van der Waals surface area contributed by atoms with Crippen LogP contribution in [-0.2, 0) is 14.3 Å².